The standard InChI is InChI=1S/C15H25N3O3/c1-4-16-12-13-7-8-15(14(11-13)18(19)20)21-10-9-17(5-2)6-3/h7-8,11,16H,4-6,9-10,12H2,1-3H3. The lowest BCUT2D eigenvalue weighted by Gasteiger charge is -2.18. The van der Waals surface area contributed by atoms with Crippen molar-refractivity contribution in [3.8, 4) is 5.75 Å². The molecule has 6 nitrogen and oxygen atoms in total. The molecule has 0 aliphatic carbocycles. The first kappa shape index (κ1) is 17.4. The summed E-state index contributed by atoms with van der Waals surface area (Å²) in [6.45, 7) is 10.7. The Labute approximate surface area is 126 Å². The summed E-state index contributed by atoms with van der Waals surface area (Å²) in [4.78, 5) is 13.0. The summed E-state index contributed by atoms with van der Waals surface area (Å²) in [7, 11) is 0. The van der Waals surface area contributed by atoms with Gasteiger partial charge in [0.1, 0.15) is 6.61 Å². The van der Waals surface area contributed by atoms with Gasteiger partial charge in [0, 0.05) is 19.2 Å². The van der Waals surface area contributed by atoms with Gasteiger partial charge in [0.05, 0.1) is 4.92 Å². The third-order valence-electron chi connectivity index (χ3n) is 3.36. The molecule has 0 aliphatic rings. The molecule has 0 fully saturated rings. The minimum absolute atomic E-state index is 0.0324. The number of ether oxygens (including phenoxy) is 1. The van der Waals surface area contributed by atoms with Crippen molar-refractivity contribution in [1.82, 2.24) is 10.2 Å². The molecule has 0 heterocycles. The second-order valence-corrected chi connectivity index (χ2v) is 4.71. The summed E-state index contributed by atoms with van der Waals surface area (Å²) in [6.07, 6.45) is 0. The van der Waals surface area contributed by atoms with Crippen molar-refractivity contribution < 1.29 is 9.66 Å². The Balaban J connectivity index is 2.70. The fraction of sp³-hybridized carbons (Fsp3) is 0.600. The van der Waals surface area contributed by atoms with E-state index in [0.717, 1.165) is 31.7 Å². The quantitative estimate of drug-likeness (QED) is 0.530. The van der Waals surface area contributed by atoms with E-state index in [1.807, 2.05) is 13.0 Å². The molecule has 1 aromatic rings. The molecule has 0 spiro atoms. The van der Waals surface area contributed by atoms with E-state index in [1.165, 1.54) is 0 Å². The number of nitro groups is 1. The minimum atomic E-state index is -0.387. The molecule has 1 aromatic carbocycles. The highest BCUT2D eigenvalue weighted by atomic mass is 16.6. The molecule has 21 heavy (non-hydrogen) atoms. The Morgan fingerprint density at radius 2 is 2.00 bits per heavy atom. The molecule has 6 heteroatoms. The average molecular weight is 295 g/mol. The Bertz CT molecular complexity index is 448. The number of nitrogens with one attached hydrogen (secondary N) is 1. The number of nitro benzene ring substituents is 1. The third kappa shape index (κ3) is 5.69. The summed E-state index contributed by atoms with van der Waals surface area (Å²) in [5, 5.41) is 14.3. The van der Waals surface area contributed by atoms with Gasteiger partial charge in [-0.05, 0) is 31.3 Å². The van der Waals surface area contributed by atoms with Crippen molar-refractivity contribution >= 4 is 5.69 Å². The van der Waals surface area contributed by atoms with Crippen LogP contribution in [0.25, 0.3) is 0 Å². The maximum atomic E-state index is 11.2. The van der Waals surface area contributed by atoms with Gasteiger partial charge in [0.15, 0.2) is 5.75 Å². The lowest BCUT2D eigenvalue weighted by molar-refractivity contribution is -0.385. The van der Waals surface area contributed by atoms with Gasteiger partial charge in [0.2, 0.25) is 0 Å². The summed E-state index contributed by atoms with van der Waals surface area (Å²) in [6, 6.07) is 5.13. The van der Waals surface area contributed by atoms with Crippen molar-refractivity contribution in [2.45, 2.75) is 27.3 Å². The van der Waals surface area contributed by atoms with E-state index in [2.05, 4.69) is 24.1 Å². The van der Waals surface area contributed by atoms with Crippen LogP contribution >= 0.6 is 0 Å². The normalized spacial score (nSPS) is 10.9. The van der Waals surface area contributed by atoms with E-state index in [9.17, 15) is 10.1 Å². The molecule has 0 amide bonds. The molecule has 1 N–H and O–H groups in total. The van der Waals surface area contributed by atoms with E-state index < -0.39 is 0 Å². The fourth-order valence-electron chi connectivity index (χ4n) is 2.03. The molecule has 0 radical (unpaired) electrons. The van der Waals surface area contributed by atoms with Gasteiger partial charge in [-0.3, -0.25) is 10.1 Å². The fourth-order valence-corrected chi connectivity index (χ4v) is 2.03. The highest BCUT2D eigenvalue weighted by Gasteiger charge is 2.16. The summed E-state index contributed by atoms with van der Waals surface area (Å²) < 4.78 is 5.59. The number of hydrogen-bond donors (Lipinski definition) is 1. The van der Waals surface area contributed by atoms with Crippen LogP contribution < -0.4 is 10.1 Å². The van der Waals surface area contributed by atoms with E-state index >= 15 is 0 Å². The van der Waals surface area contributed by atoms with Gasteiger partial charge in [-0.15, -0.1) is 0 Å². The Hall–Kier alpha value is -1.66. The zero-order chi connectivity index (χ0) is 15.7. The maximum Gasteiger partial charge on any atom is 0.311 e. The summed E-state index contributed by atoms with van der Waals surface area (Å²) >= 11 is 0. The molecule has 1 rings (SSSR count). The Morgan fingerprint density at radius 1 is 1.29 bits per heavy atom. The first-order chi connectivity index (χ1) is 10.1. The lowest BCUT2D eigenvalue weighted by atomic mass is 10.2. The predicted octanol–water partition coefficient (Wildman–Crippen LogP) is 2.42. The molecular formula is C15H25N3O3. The topological polar surface area (TPSA) is 67.6 Å². The van der Waals surface area contributed by atoms with Gasteiger partial charge in [0.25, 0.3) is 0 Å². The molecule has 0 bridgehead atoms. The van der Waals surface area contributed by atoms with Gasteiger partial charge in [-0.2, -0.15) is 0 Å². The first-order valence-corrected chi connectivity index (χ1v) is 7.45. The van der Waals surface area contributed by atoms with Crippen LogP contribution in [0, 0.1) is 10.1 Å². The summed E-state index contributed by atoms with van der Waals surface area (Å²) in [5.74, 6) is 0.340. The molecule has 0 saturated heterocycles. The monoisotopic (exact) mass is 295 g/mol. The van der Waals surface area contributed by atoms with Crippen molar-refractivity contribution in [3.05, 3.63) is 33.9 Å². The Morgan fingerprint density at radius 3 is 2.57 bits per heavy atom. The van der Waals surface area contributed by atoms with Crippen LogP contribution in [0.2, 0.25) is 0 Å². The molecule has 0 unspecified atom stereocenters. The predicted molar refractivity (Wildman–Crippen MR) is 83.8 cm³/mol. The first-order valence-electron chi connectivity index (χ1n) is 7.45. The molecule has 0 saturated carbocycles. The van der Waals surface area contributed by atoms with Crippen LogP contribution in [-0.4, -0.2) is 42.6 Å². The number of hydrogen-bond acceptors (Lipinski definition) is 5. The highest BCUT2D eigenvalue weighted by Crippen LogP contribution is 2.27. The molecule has 0 aromatic heterocycles. The second-order valence-electron chi connectivity index (χ2n) is 4.71. The van der Waals surface area contributed by atoms with E-state index in [0.29, 0.717) is 18.9 Å². The van der Waals surface area contributed by atoms with Gasteiger partial charge >= 0.3 is 5.69 Å². The van der Waals surface area contributed by atoms with Crippen LogP contribution in [0.15, 0.2) is 18.2 Å². The van der Waals surface area contributed by atoms with Crippen LogP contribution in [0.4, 0.5) is 5.69 Å². The zero-order valence-corrected chi connectivity index (χ0v) is 13.1. The van der Waals surface area contributed by atoms with E-state index in [4.69, 9.17) is 4.74 Å². The summed E-state index contributed by atoms with van der Waals surface area (Å²) in [5.41, 5.74) is 0.921. The third-order valence-corrected chi connectivity index (χ3v) is 3.36. The van der Waals surface area contributed by atoms with Gasteiger partial charge in [-0.1, -0.05) is 26.8 Å². The Kier molecular flexibility index (Phi) is 7.71. The molecule has 0 aliphatic heterocycles. The molecular weight excluding hydrogens is 270 g/mol. The van der Waals surface area contributed by atoms with Crippen LogP contribution in [0.3, 0.4) is 0 Å². The van der Waals surface area contributed by atoms with Crippen molar-refractivity contribution in [2.75, 3.05) is 32.8 Å². The lowest BCUT2D eigenvalue weighted by Crippen LogP contribution is -2.28. The van der Waals surface area contributed by atoms with Gasteiger partial charge < -0.3 is 15.0 Å². The number of rotatable bonds is 10. The smallest absolute Gasteiger partial charge is 0.311 e. The molecule has 118 valence electrons. The SMILES string of the molecule is CCNCc1ccc(OCCN(CC)CC)c([N+](=O)[O-])c1. The number of nitrogens with zero attached hydrogens (tertiary/aromatic N) is 2. The van der Waals surface area contributed by atoms with Crippen molar-refractivity contribution in [2.24, 2.45) is 0 Å². The van der Waals surface area contributed by atoms with Crippen molar-refractivity contribution in [1.29, 1.82) is 0 Å². The van der Waals surface area contributed by atoms with E-state index in [-0.39, 0.29) is 10.6 Å². The van der Waals surface area contributed by atoms with Crippen molar-refractivity contribution in [3.63, 3.8) is 0 Å². The van der Waals surface area contributed by atoms with E-state index in [1.54, 1.807) is 12.1 Å². The zero-order valence-electron chi connectivity index (χ0n) is 13.1. The molecule has 0 atom stereocenters. The second kappa shape index (κ2) is 9.31. The number of benzene rings is 1. The maximum absolute atomic E-state index is 11.2. The number of likely N-dealkylation sites (N-methyl/N-ethyl adjacent to an activating group) is 1. The van der Waals surface area contributed by atoms with Gasteiger partial charge in [-0.25, -0.2) is 0 Å². The highest BCUT2D eigenvalue weighted by molar-refractivity contribution is 5.48. The van der Waals surface area contributed by atoms with Crippen LogP contribution in [0.1, 0.15) is 26.3 Å². The average Bonchev–Trinajstić information content (AvgIpc) is 2.50. The largest absolute Gasteiger partial charge is 0.485 e. The minimum Gasteiger partial charge on any atom is -0.485 e. The van der Waals surface area contributed by atoms with Crippen LogP contribution in [0.5, 0.6) is 5.75 Å². The van der Waals surface area contributed by atoms with Crippen LogP contribution in [-0.2, 0) is 6.54 Å².